The zero-order valence-electron chi connectivity index (χ0n) is 15.4. The topological polar surface area (TPSA) is 85.1 Å². The Hall–Kier alpha value is -2.49. The third-order valence-corrected chi connectivity index (χ3v) is 8.23. The predicted octanol–water partition coefficient (Wildman–Crippen LogP) is 5.25. The normalized spacial score (nSPS) is 11.7. The molecule has 0 radical (unpaired) electrons. The highest BCUT2D eigenvalue weighted by molar-refractivity contribution is 7.94. The first kappa shape index (κ1) is 18.9. The van der Waals surface area contributed by atoms with Crippen LogP contribution in [0.15, 0.2) is 51.2 Å². The average Bonchev–Trinajstić information content (AvgIpc) is 3.35. The maximum atomic E-state index is 12.8. The van der Waals surface area contributed by atoms with Crippen LogP contribution in [-0.2, 0) is 10.0 Å². The fourth-order valence-corrected chi connectivity index (χ4v) is 6.20. The van der Waals surface area contributed by atoms with E-state index >= 15 is 0 Å². The zero-order chi connectivity index (χ0) is 19.9. The van der Waals surface area contributed by atoms with Gasteiger partial charge in [0.25, 0.3) is 10.0 Å². The minimum absolute atomic E-state index is 0.267. The largest absolute Gasteiger partial charge is 0.356 e. The highest BCUT2D eigenvalue weighted by Crippen LogP contribution is 2.37. The fraction of sp³-hybridized carbons (Fsp3) is 0.158. The fourth-order valence-electron chi connectivity index (χ4n) is 2.75. The number of sulfonamides is 1. The molecule has 0 amide bonds. The van der Waals surface area contributed by atoms with Gasteiger partial charge in [-0.25, -0.2) is 13.4 Å². The Morgan fingerprint density at radius 3 is 2.36 bits per heavy atom. The van der Waals surface area contributed by atoms with Crippen molar-refractivity contribution in [2.75, 3.05) is 4.72 Å². The van der Waals surface area contributed by atoms with Gasteiger partial charge in [0.05, 0.1) is 21.3 Å². The Balaban J connectivity index is 1.55. The summed E-state index contributed by atoms with van der Waals surface area (Å²) in [5.74, 6) is 0.644. The molecule has 0 atom stereocenters. The number of hydrogen-bond donors (Lipinski definition) is 1. The van der Waals surface area contributed by atoms with E-state index in [9.17, 15) is 8.42 Å². The third-order valence-electron chi connectivity index (χ3n) is 4.02. The van der Waals surface area contributed by atoms with E-state index in [2.05, 4.69) is 14.9 Å². The molecule has 28 heavy (non-hydrogen) atoms. The van der Waals surface area contributed by atoms with Gasteiger partial charge in [-0.2, -0.15) is 0 Å². The lowest BCUT2D eigenvalue weighted by molar-refractivity contribution is 0.427. The molecule has 0 spiro atoms. The number of anilines is 1. The monoisotopic (exact) mass is 431 g/mol. The zero-order valence-corrected chi connectivity index (χ0v) is 17.8. The molecule has 0 bridgehead atoms. The molecule has 4 rings (SSSR count). The number of rotatable bonds is 5. The van der Waals surface area contributed by atoms with Crippen molar-refractivity contribution in [1.29, 1.82) is 0 Å². The Kier molecular flexibility index (Phi) is 4.82. The van der Waals surface area contributed by atoms with Gasteiger partial charge in [0, 0.05) is 22.2 Å². The summed E-state index contributed by atoms with van der Waals surface area (Å²) in [4.78, 5) is 6.32. The van der Waals surface area contributed by atoms with Crippen LogP contribution in [-0.4, -0.2) is 18.6 Å². The van der Waals surface area contributed by atoms with Crippen LogP contribution >= 0.6 is 22.7 Å². The van der Waals surface area contributed by atoms with Gasteiger partial charge in [-0.15, -0.1) is 22.7 Å². The number of nitrogens with zero attached hydrogens (tertiary/aromatic N) is 2. The minimum Gasteiger partial charge on any atom is -0.356 e. The molecule has 144 valence electrons. The SMILES string of the molecule is Cc1cc(-c2ccc(NS(=O)(=O)c3ccc(-c4sc(C)nc4C)s3)cc2)on1. The lowest BCUT2D eigenvalue weighted by Gasteiger charge is -2.06. The maximum Gasteiger partial charge on any atom is 0.271 e. The molecule has 4 aromatic rings. The summed E-state index contributed by atoms with van der Waals surface area (Å²) in [6, 6.07) is 12.3. The molecule has 0 aliphatic heterocycles. The smallest absolute Gasteiger partial charge is 0.271 e. The minimum atomic E-state index is -3.66. The molecule has 0 aliphatic carbocycles. The van der Waals surface area contributed by atoms with E-state index in [4.69, 9.17) is 4.52 Å². The highest BCUT2D eigenvalue weighted by atomic mass is 32.2. The van der Waals surface area contributed by atoms with Crippen LogP contribution in [0.1, 0.15) is 16.4 Å². The molecule has 9 heteroatoms. The summed E-state index contributed by atoms with van der Waals surface area (Å²) < 4.78 is 33.6. The number of nitrogens with one attached hydrogen (secondary N) is 1. The summed E-state index contributed by atoms with van der Waals surface area (Å²) in [6.45, 7) is 5.72. The van der Waals surface area contributed by atoms with Gasteiger partial charge in [-0.1, -0.05) is 5.16 Å². The second-order valence-corrected chi connectivity index (χ2v) is 10.5. The van der Waals surface area contributed by atoms with Crippen LogP contribution in [0.4, 0.5) is 5.69 Å². The summed E-state index contributed by atoms with van der Waals surface area (Å²) >= 11 is 2.81. The standard InChI is InChI=1S/C19H17N3O3S3/c1-11-10-16(25-21-11)14-4-6-15(7-5-14)22-28(23,24)18-9-8-17(27-18)19-12(2)20-13(3)26-19/h4-10,22H,1-3H3. The number of aromatic nitrogens is 2. The van der Waals surface area contributed by atoms with Crippen LogP contribution in [0, 0.1) is 20.8 Å². The molecule has 0 saturated carbocycles. The summed E-state index contributed by atoms with van der Waals surface area (Å²) in [6.07, 6.45) is 0. The van der Waals surface area contributed by atoms with Gasteiger partial charge < -0.3 is 4.52 Å². The van der Waals surface area contributed by atoms with E-state index < -0.39 is 10.0 Å². The van der Waals surface area contributed by atoms with Gasteiger partial charge in [0.15, 0.2) is 5.76 Å². The van der Waals surface area contributed by atoms with Gasteiger partial charge in [-0.05, 0) is 57.2 Å². The van der Waals surface area contributed by atoms with Crippen molar-refractivity contribution in [1.82, 2.24) is 10.1 Å². The van der Waals surface area contributed by atoms with Crippen molar-refractivity contribution in [2.45, 2.75) is 25.0 Å². The van der Waals surface area contributed by atoms with E-state index in [1.165, 1.54) is 11.3 Å². The lowest BCUT2D eigenvalue weighted by atomic mass is 10.1. The van der Waals surface area contributed by atoms with E-state index in [0.717, 1.165) is 31.7 Å². The molecule has 6 nitrogen and oxygen atoms in total. The van der Waals surface area contributed by atoms with Gasteiger partial charge >= 0.3 is 0 Å². The van der Waals surface area contributed by atoms with Crippen LogP contribution in [0.2, 0.25) is 0 Å². The van der Waals surface area contributed by atoms with E-state index in [1.807, 2.05) is 32.9 Å². The second-order valence-electron chi connectivity index (χ2n) is 6.28. The number of benzene rings is 1. The second kappa shape index (κ2) is 7.16. The molecule has 3 aromatic heterocycles. The molecule has 0 aliphatic rings. The number of thiophene rings is 1. The van der Waals surface area contributed by atoms with Crippen molar-refractivity contribution >= 4 is 38.4 Å². The number of thiazole rings is 1. The van der Waals surface area contributed by atoms with Crippen molar-refractivity contribution < 1.29 is 12.9 Å². The van der Waals surface area contributed by atoms with Crippen molar-refractivity contribution in [3.05, 3.63) is 58.9 Å². The van der Waals surface area contributed by atoms with Gasteiger partial charge in [0.2, 0.25) is 0 Å². The first-order valence-corrected chi connectivity index (χ1v) is 11.5. The van der Waals surface area contributed by atoms with Gasteiger partial charge in [0.1, 0.15) is 4.21 Å². The van der Waals surface area contributed by atoms with Crippen LogP contribution in [0.3, 0.4) is 0 Å². The predicted molar refractivity (Wildman–Crippen MR) is 112 cm³/mol. The molecule has 3 heterocycles. The Labute approximate surface area is 170 Å². The van der Waals surface area contributed by atoms with E-state index in [0.29, 0.717) is 11.4 Å². The van der Waals surface area contributed by atoms with E-state index in [1.54, 1.807) is 41.7 Å². The lowest BCUT2D eigenvalue weighted by Crippen LogP contribution is -2.11. The van der Waals surface area contributed by atoms with Crippen molar-refractivity contribution in [3.8, 4) is 21.1 Å². The van der Waals surface area contributed by atoms with Crippen molar-refractivity contribution in [3.63, 3.8) is 0 Å². The molecule has 1 N–H and O–H groups in total. The van der Waals surface area contributed by atoms with Crippen LogP contribution in [0.25, 0.3) is 21.1 Å². The summed E-state index contributed by atoms with van der Waals surface area (Å²) in [7, 11) is -3.66. The van der Waals surface area contributed by atoms with Crippen LogP contribution in [0.5, 0.6) is 0 Å². The molecular weight excluding hydrogens is 414 g/mol. The molecule has 0 fully saturated rings. The Morgan fingerprint density at radius 2 is 1.75 bits per heavy atom. The van der Waals surface area contributed by atoms with Gasteiger partial charge in [-0.3, -0.25) is 4.72 Å². The molecular formula is C19H17N3O3S3. The number of aryl methyl sites for hydroxylation is 3. The van der Waals surface area contributed by atoms with E-state index in [-0.39, 0.29) is 4.21 Å². The number of hydrogen-bond acceptors (Lipinski definition) is 7. The molecule has 1 aromatic carbocycles. The highest BCUT2D eigenvalue weighted by Gasteiger charge is 2.19. The van der Waals surface area contributed by atoms with Crippen molar-refractivity contribution in [2.24, 2.45) is 0 Å². The molecule has 0 saturated heterocycles. The quantitative estimate of drug-likeness (QED) is 0.466. The first-order chi connectivity index (χ1) is 13.3. The van der Waals surface area contributed by atoms with Crippen LogP contribution < -0.4 is 4.72 Å². The Morgan fingerprint density at radius 1 is 1.00 bits per heavy atom. The summed E-state index contributed by atoms with van der Waals surface area (Å²) in [5, 5.41) is 4.82. The average molecular weight is 432 g/mol. The maximum absolute atomic E-state index is 12.8. The Bertz CT molecular complexity index is 1230. The molecule has 0 unspecified atom stereocenters. The summed E-state index contributed by atoms with van der Waals surface area (Å²) in [5.41, 5.74) is 3.02. The third kappa shape index (κ3) is 3.73. The first-order valence-electron chi connectivity index (χ1n) is 8.42.